The maximum absolute atomic E-state index is 12.2. The van der Waals surface area contributed by atoms with Crippen LogP contribution in [0, 0.1) is 6.92 Å². The van der Waals surface area contributed by atoms with Crippen molar-refractivity contribution in [3.63, 3.8) is 0 Å². The highest BCUT2D eigenvalue weighted by Gasteiger charge is 2.15. The lowest BCUT2D eigenvalue weighted by molar-refractivity contribution is 0.287. The Bertz CT molecular complexity index is 740. The molecule has 0 radical (unpaired) electrons. The highest BCUT2D eigenvalue weighted by Crippen LogP contribution is 2.17. The highest BCUT2D eigenvalue weighted by atomic mass is 32.2. The number of ether oxygens (including phenoxy) is 2. The summed E-state index contributed by atoms with van der Waals surface area (Å²) >= 11 is 0. The Morgan fingerprint density at radius 2 is 1.58 bits per heavy atom. The molecule has 2 rings (SSSR count). The van der Waals surface area contributed by atoms with E-state index in [1.807, 2.05) is 31.2 Å². The first kappa shape index (κ1) is 18.3. The molecular weight excluding hydrogens is 326 g/mol. The molecule has 6 heteroatoms. The van der Waals surface area contributed by atoms with Crippen molar-refractivity contribution in [1.82, 2.24) is 4.72 Å². The van der Waals surface area contributed by atoms with Crippen molar-refractivity contribution in [3.05, 3.63) is 59.7 Å². The molecule has 0 spiro atoms. The van der Waals surface area contributed by atoms with Crippen LogP contribution in [0.15, 0.2) is 48.5 Å². The monoisotopic (exact) mass is 349 g/mol. The summed E-state index contributed by atoms with van der Waals surface area (Å²) in [7, 11) is -1.81. The minimum Gasteiger partial charge on any atom is -0.497 e. The largest absolute Gasteiger partial charge is 0.497 e. The van der Waals surface area contributed by atoms with E-state index in [0.717, 1.165) is 16.9 Å². The van der Waals surface area contributed by atoms with Crippen molar-refractivity contribution in [2.45, 2.75) is 25.6 Å². The predicted molar refractivity (Wildman–Crippen MR) is 94.9 cm³/mol. The van der Waals surface area contributed by atoms with E-state index >= 15 is 0 Å². The molecule has 1 N–H and O–H groups in total. The highest BCUT2D eigenvalue weighted by molar-refractivity contribution is 7.88. The van der Waals surface area contributed by atoms with Crippen LogP contribution < -0.4 is 14.2 Å². The fourth-order valence-corrected chi connectivity index (χ4v) is 3.57. The molecule has 2 aromatic carbocycles. The Balaban J connectivity index is 1.85. The van der Waals surface area contributed by atoms with Crippen LogP contribution in [0.1, 0.15) is 18.1 Å². The van der Waals surface area contributed by atoms with Crippen molar-refractivity contribution in [1.29, 1.82) is 0 Å². The second-order valence-electron chi connectivity index (χ2n) is 5.75. The third-order valence-electron chi connectivity index (χ3n) is 3.42. The molecule has 0 heterocycles. The van der Waals surface area contributed by atoms with Crippen LogP contribution in [0.4, 0.5) is 0 Å². The lowest BCUT2D eigenvalue weighted by atomic mass is 10.2. The third kappa shape index (κ3) is 5.86. The molecule has 0 saturated carbocycles. The van der Waals surface area contributed by atoms with Gasteiger partial charge in [0.2, 0.25) is 10.0 Å². The summed E-state index contributed by atoms with van der Waals surface area (Å²) in [6, 6.07) is 14.3. The smallest absolute Gasteiger partial charge is 0.216 e. The Labute approximate surface area is 143 Å². The van der Waals surface area contributed by atoms with E-state index in [1.165, 1.54) is 0 Å². The zero-order valence-electron chi connectivity index (χ0n) is 14.2. The standard InChI is InChI=1S/C18H23NO4S/c1-14-4-6-16(7-5-14)13-24(20,21)19-15(2)12-23-18-10-8-17(22-3)9-11-18/h4-11,15,19H,12-13H2,1-3H3/t15-/m0/s1. The predicted octanol–water partition coefficient (Wildman–Crippen LogP) is 2.89. The Morgan fingerprint density at radius 3 is 2.17 bits per heavy atom. The summed E-state index contributed by atoms with van der Waals surface area (Å²) < 4.78 is 37.7. The molecule has 5 nitrogen and oxygen atoms in total. The molecule has 0 aliphatic carbocycles. The first-order valence-electron chi connectivity index (χ1n) is 7.70. The zero-order valence-corrected chi connectivity index (χ0v) is 15.0. The van der Waals surface area contributed by atoms with Gasteiger partial charge in [-0.05, 0) is 43.7 Å². The molecule has 0 aliphatic heterocycles. The van der Waals surface area contributed by atoms with Crippen molar-refractivity contribution in [2.24, 2.45) is 0 Å². The second kappa shape index (κ2) is 8.17. The number of hydrogen-bond donors (Lipinski definition) is 1. The molecule has 0 fully saturated rings. The van der Waals surface area contributed by atoms with E-state index in [-0.39, 0.29) is 18.4 Å². The summed E-state index contributed by atoms with van der Waals surface area (Å²) in [4.78, 5) is 0. The zero-order chi connectivity index (χ0) is 17.6. The number of aryl methyl sites for hydroxylation is 1. The van der Waals surface area contributed by atoms with Crippen molar-refractivity contribution < 1.29 is 17.9 Å². The van der Waals surface area contributed by atoms with Crippen LogP contribution in [0.25, 0.3) is 0 Å². The molecule has 0 amide bonds. The van der Waals surface area contributed by atoms with Crippen LogP contribution in [-0.4, -0.2) is 28.2 Å². The van der Waals surface area contributed by atoms with Gasteiger partial charge in [0.15, 0.2) is 0 Å². The number of nitrogens with one attached hydrogen (secondary N) is 1. The fourth-order valence-electron chi connectivity index (χ4n) is 2.18. The van der Waals surface area contributed by atoms with Gasteiger partial charge in [-0.2, -0.15) is 0 Å². The molecule has 0 aliphatic rings. The van der Waals surface area contributed by atoms with Gasteiger partial charge in [-0.3, -0.25) is 0 Å². The van der Waals surface area contributed by atoms with Crippen LogP contribution >= 0.6 is 0 Å². The number of methoxy groups -OCH3 is 1. The van der Waals surface area contributed by atoms with Crippen molar-refractivity contribution >= 4 is 10.0 Å². The summed E-state index contributed by atoms with van der Waals surface area (Å²) in [5.74, 6) is 1.37. The Morgan fingerprint density at radius 1 is 1.00 bits per heavy atom. The molecule has 1 atom stereocenters. The Kier molecular flexibility index (Phi) is 6.23. The van der Waals surface area contributed by atoms with Crippen LogP contribution in [0.3, 0.4) is 0 Å². The van der Waals surface area contributed by atoms with E-state index in [0.29, 0.717) is 5.75 Å². The van der Waals surface area contributed by atoms with Gasteiger partial charge in [0.25, 0.3) is 0 Å². The molecule has 0 unspecified atom stereocenters. The topological polar surface area (TPSA) is 64.6 Å². The number of sulfonamides is 1. The SMILES string of the molecule is COc1ccc(OC[C@H](C)NS(=O)(=O)Cc2ccc(C)cc2)cc1. The molecular formula is C18H23NO4S. The first-order chi connectivity index (χ1) is 11.4. The van der Waals surface area contributed by atoms with E-state index in [9.17, 15) is 8.42 Å². The molecule has 24 heavy (non-hydrogen) atoms. The first-order valence-corrected chi connectivity index (χ1v) is 9.35. The van der Waals surface area contributed by atoms with Crippen LogP contribution in [0.5, 0.6) is 11.5 Å². The van der Waals surface area contributed by atoms with Gasteiger partial charge < -0.3 is 9.47 Å². The minimum atomic E-state index is -3.41. The summed E-state index contributed by atoms with van der Waals surface area (Å²) in [6.45, 7) is 3.99. The van der Waals surface area contributed by atoms with Crippen molar-refractivity contribution in [3.8, 4) is 11.5 Å². The maximum Gasteiger partial charge on any atom is 0.216 e. The maximum atomic E-state index is 12.2. The van der Waals surface area contributed by atoms with Gasteiger partial charge in [-0.1, -0.05) is 29.8 Å². The third-order valence-corrected chi connectivity index (χ3v) is 4.89. The summed E-state index contributed by atoms with van der Waals surface area (Å²) in [5.41, 5.74) is 1.86. The number of rotatable bonds is 8. The van der Waals surface area contributed by atoms with Gasteiger partial charge in [0.05, 0.1) is 18.9 Å². The van der Waals surface area contributed by atoms with Gasteiger partial charge >= 0.3 is 0 Å². The van der Waals surface area contributed by atoms with Gasteiger partial charge in [-0.15, -0.1) is 0 Å². The minimum absolute atomic E-state index is 0.0415. The molecule has 0 bridgehead atoms. The van der Waals surface area contributed by atoms with Gasteiger partial charge in [0, 0.05) is 0 Å². The average Bonchev–Trinajstić information content (AvgIpc) is 2.55. The Hall–Kier alpha value is -2.05. The summed E-state index contributed by atoms with van der Waals surface area (Å²) in [6.07, 6.45) is 0. The molecule has 2 aromatic rings. The molecule has 130 valence electrons. The molecule has 0 saturated heterocycles. The quantitative estimate of drug-likeness (QED) is 0.796. The van der Waals surface area contributed by atoms with E-state index in [4.69, 9.17) is 9.47 Å². The number of benzene rings is 2. The van der Waals surface area contributed by atoms with E-state index < -0.39 is 10.0 Å². The second-order valence-corrected chi connectivity index (χ2v) is 7.50. The number of hydrogen-bond acceptors (Lipinski definition) is 4. The van der Waals surface area contributed by atoms with E-state index in [1.54, 1.807) is 38.3 Å². The van der Waals surface area contributed by atoms with Crippen molar-refractivity contribution in [2.75, 3.05) is 13.7 Å². The van der Waals surface area contributed by atoms with Crippen LogP contribution in [-0.2, 0) is 15.8 Å². The van der Waals surface area contributed by atoms with Crippen LogP contribution in [0.2, 0.25) is 0 Å². The molecule has 0 aromatic heterocycles. The lowest BCUT2D eigenvalue weighted by Crippen LogP contribution is -2.37. The lowest BCUT2D eigenvalue weighted by Gasteiger charge is -2.15. The average molecular weight is 349 g/mol. The fraction of sp³-hybridized carbons (Fsp3) is 0.333. The summed E-state index contributed by atoms with van der Waals surface area (Å²) in [5, 5.41) is 0. The van der Waals surface area contributed by atoms with Gasteiger partial charge in [0.1, 0.15) is 18.1 Å². The normalized spacial score (nSPS) is 12.6. The van der Waals surface area contributed by atoms with E-state index in [2.05, 4.69) is 4.72 Å². The van der Waals surface area contributed by atoms with Gasteiger partial charge in [-0.25, -0.2) is 13.1 Å².